The molecule has 0 radical (unpaired) electrons. The Labute approximate surface area is 65.6 Å². The molecule has 0 aliphatic rings. The van der Waals surface area contributed by atoms with Crippen LogP contribution in [0, 0.1) is 5.41 Å². The highest BCUT2D eigenvalue weighted by Crippen LogP contribution is 2.04. The Balaban J connectivity index is 2.90. The van der Waals surface area contributed by atoms with Gasteiger partial charge in [0.25, 0.3) is 0 Å². The Hall–Kier alpha value is -1.32. The first-order valence-corrected chi connectivity index (χ1v) is 3.49. The number of hydrogen-bond donors (Lipinski definition) is 2. The first kappa shape index (κ1) is 7.78. The Morgan fingerprint density at radius 2 is 2.36 bits per heavy atom. The third-order valence-corrected chi connectivity index (χ3v) is 1.47. The molecule has 0 amide bonds. The summed E-state index contributed by atoms with van der Waals surface area (Å²) in [6, 6.07) is 0.371. The van der Waals surface area contributed by atoms with E-state index in [-0.39, 0.29) is 5.84 Å². The minimum atomic E-state index is 0.0180. The summed E-state index contributed by atoms with van der Waals surface area (Å²) < 4.78 is 1.91. The lowest BCUT2D eigenvalue weighted by Crippen LogP contribution is -2.11. The lowest BCUT2D eigenvalue weighted by molar-refractivity contribution is 0.599. The summed E-state index contributed by atoms with van der Waals surface area (Å²) >= 11 is 0. The van der Waals surface area contributed by atoms with Gasteiger partial charge in [-0.2, -0.15) is 0 Å². The van der Waals surface area contributed by atoms with Crippen LogP contribution in [0.1, 0.15) is 25.6 Å². The minimum Gasteiger partial charge on any atom is -0.382 e. The van der Waals surface area contributed by atoms with Crippen molar-refractivity contribution in [3.05, 3.63) is 18.2 Å². The van der Waals surface area contributed by atoms with E-state index in [1.54, 1.807) is 12.5 Å². The van der Waals surface area contributed by atoms with Gasteiger partial charge in [0.05, 0.1) is 6.33 Å². The van der Waals surface area contributed by atoms with Crippen LogP contribution in [0.3, 0.4) is 0 Å². The average molecular weight is 152 g/mol. The van der Waals surface area contributed by atoms with E-state index < -0.39 is 0 Å². The van der Waals surface area contributed by atoms with Gasteiger partial charge in [0.2, 0.25) is 0 Å². The molecule has 0 saturated heterocycles. The van der Waals surface area contributed by atoms with Crippen molar-refractivity contribution < 1.29 is 0 Å². The molecular formula is C7H12N4. The van der Waals surface area contributed by atoms with Crippen molar-refractivity contribution in [3.63, 3.8) is 0 Å². The van der Waals surface area contributed by atoms with Crippen LogP contribution in [0.2, 0.25) is 0 Å². The van der Waals surface area contributed by atoms with Crippen molar-refractivity contribution >= 4 is 5.84 Å². The highest BCUT2D eigenvalue weighted by atomic mass is 15.1. The third-order valence-electron chi connectivity index (χ3n) is 1.47. The van der Waals surface area contributed by atoms with Gasteiger partial charge in [-0.05, 0) is 13.8 Å². The van der Waals surface area contributed by atoms with Crippen LogP contribution >= 0.6 is 0 Å². The SMILES string of the molecule is CC(C)n1cnc(C(=N)N)c1. The maximum Gasteiger partial charge on any atom is 0.143 e. The predicted molar refractivity (Wildman–Crippen MR) is 43.6 cm³/mol. The number of nitrogens with two attached hydrogens (primary N) is 1. The monoisotopic (exact) mass is 152 g/mol. The molecule has 1 aromatic rings. The van der Waals surface area contributed by atoms with Crippen molar-refractivity contribution in [2.24, 2.45) is 5.73 Å². The summed E-state index contributed by atoms with van der Waals surface area (Å²) in [5, 5.41) is 7.09. The molecule has 0 aliphatic heterocycles. The lowest BCUT2D eigenvalue weighted by Gasteiger charge is -2.03. The highest BCUT2D eigenvalue weighted by Gasteiger charge is 2.02. The van der Waals surface area contributed by atoms with Crippen molar-refractivity contribution in [1.29, 1.82) is 5.41 Å². The van der Waals surface area contributed by atoms with Gasteiger partial charge >= 0.3 is 0 Å². The van der Waals surface area contributed by atoms with Gasteiger partial charge in [-0.3, -0.25) is 5.41 Å². The van der Waals surface area contributed by atoms with Gasteiger partial charge in [-0.25, -0.2) is 4.98 Å². The quantitative estimate of drug-likeness (QED) is 0.485. The number of rotatable bonds is 2. The van der Waals surface area contributed by atoms with Crippen LogP contribution < -0.4 is 5.73 Å². The third kappa shape index (κ3) is 1.58. The maximum absolute atomic E-state index is 7.09. The normalized spacial score (nSPS) is 10.5. The molecule has 4 heteroatoms. The van der Waals surface area contributed by atoms with Gasteiger partial charge in [0.1, 0.15) is 11.5 Å². The summed E-state index contributed by atoms with van der Waals surface area (Å²) in [4.78, 5) is 3.95. The van der Waals surface area contributed by atoms with Gasteiger partial charge in [-0.15, -0.1) is 0 Å². The minimum absolute atomic E-state index is 0.0180. The first-order chi connectivity index (χ1) is 5.11. The van der Waals surface area contributed by atoms with Crippen molar-refractivity contribution in [2.75, 3.05) is 0 Å². The largest absolute Gasteiger partial charge is 0.382 e. The standard InChI is InChI=1S/C7H12N4/c1-5(2)11-3-6(7(8)9)10-4-11/h3-5H,1-2H3,(H3,8,9). The molecule has 0 aromatic carbocycles. The fraction of sp³-hybridized carbons (Fsp3) is 0.429. The summed E-state index contributed by atoms with van der Waals surface area (Å²) in [6.45, 7) is 4.09. The first-order valence-electron chi connectivity index (χ1n) is 3.49. The molecule has 1 rings (SSSR count). The zero-order valence-electron chi connectivity index (χ0n) is 6.70. The van der Waals surface area contributed by atoms with E-state index in [1.165, 1.54) is 0 Å². The zero-order chi connectivity index (χ0) is 8.43. The predicted octanol–water partition coefficient (Wildman–Crippen LogP) is 0.748. The number of nitrogen functional groups attached to an aromatic ring is 1. The molecule has 60 valence electrons. The fourth-order valence-electron chi connectivity index (χ4n) is 0.758. The van der Waals surface area contributed by atoms with Gasteiger partial charge in [0, 0.05) is 12.2 Å². The van der Waals surface area contributed by atoms with E-state index in [0.717, 1.165) is 0 Å². The molecule has 0 unspecified atom stereocenters. The summed E-state index contributed by atoms with van der Waals surface area (Å²) in [7, 11) is 0. The Morgan fingerprint density at radius 1 is 1.73 bits per heavy atom. The lowest BCUT2D eigenvalue weighted by atomic mass is 10.4. The van der Waals surface area contributed by atoms with Crippen molar-refractivity contribution in [3.8, 4) is 0 Å². The molecule has 0 spiro atoms. The molecule has 3 N–H and O–H groups in total. The van der Waals surface area contributed by atoms with E-state index in [4.69, 9.17) is 11.1 Å². The topological polar surface area (TPSA) is 67.7 Å². The Kier molecular flexibility index (Phi) is 1.94. The summed E-state index contributed by atoms with van der Waals surface area (Å²) in [5.41, 5.74) is 5.78. The van der Waals surface area contributed by atoms with Crippen LogP contribution in [0.5, 0.6) is 0 Å². The molecule has 0 aliphatic carbocycles. The number of amidine groups is 1. The van der Waals surface area contributed by atoms with Gasteiger partial charge in [0.15, 0.2) is 0 Å². The van der Waals surface area contributed by atoms with Crippen molar-refractivity contribution in [2.45, 2.75) is 19.9 Å². The number of nitrogens with one attached hydrogen (secondary N) is 1. The second kappa shape index (κ2) is 2.74. The van der Waals surface area contributed by atoms with Crippen molar-refractivity contribution in [1.82, 2.24) is 9.55 Å². The van der Waals surface area contributed by atoms with Gasteiger partial charge in [-0.1, -0.05) is 0 Å². The molecule has 11 heavy (non-hydrogen) atoms. The smallest absolute Gasteiger partial charge is 0.143 e. The highest BCUT2D eigenvalue weighted by molar-refractivity contribution is 5.92. The Morgan fingerprint density at radius 3 is 2.64 bits per heavy atom. The summed E-state index contributed by atoms with van der Waals surface area (Å²) in [5.74, 6) is 0.0180. The maximum atomic E-state index is 7.09. The number of hydrogen-bond acceptors (Lipinski definition) is 2. The second-order valence-electron chi connectivity index (χ2n) is 2.71. The molecule has 0 bridgehead atoms. The van der Waals surface area contributed by atoms with Crippen LogP contribution in [-0.4, -0.2) is 15.4 Å². The van der Waals surface area contributed by atoms with E-state index in [9.17, 15) is 0 Å². The zero-order valence-corrected chi connectivity index (χ0v) is 6.70. The number of aromatic nitrogens is 2. The van der Waals surface area contributed by atoms with Crippen LogP contribution in [-0.2, 0) is 0 Å². The van der Waals surface area contributed by atoms with Crippen LogP contribution in [0.25, 0.3) is 0 Å². The molecular weight excluding hydrogens is 140 g/mol. The molecule has 0 saturated carbocycles. The second-order valence-corrected chi connectivity index (χ2v) is 2.71. The number of nitrogens with zero attached hydrogens (tertiary/aromatic N) is 2. The number of imidazole rings is 1. The van der Waals surface area contributed by atoms with E-state index in [0.29, 0.717) is 11.7 Å². The van der Waals surface area contributed by atoms with Crippen LogP contribution in [0.4, 0.5) is 0 Å². The fourth-order valence-corrected chi connectivity index (χ4v) is 0.758. The van der Waals surface area contributed by atoms with E-state index in [1.807, 2.05) is 18.4 Å². The average Bonchev–Trinajstić information content (AvgIpc) is 2.33. The molecule has 1 heterocycles. The Bertz CT molecular complexity index is 261. The van der Waals surface area contributed by atoms with E-state index >= 15 is 0 Å². The van der Waals surface area contributed by atoms with Gasteiger partial charge < -0.3 is 10.3 Å². The van der Waals surface area contributed by atoms with E-state index in [2.05, 4.69) is 4.98 Å². The summed E-state index contributed by atoms with van der Waals surface area (Å²) in [6.07, 6.45) is 3.45. The molecule has 1 aromatic heterocycles. The molecule has 0 fully saturated rings. The molecule has 4 nitrogen and oxygen atoms in total. The van der Waals surface area contributed by atoms with Crippen LogP contribution in [0.15, 0.2) is 12.5 Å². The molecule has 0 atom stereocenters.